The summed E-state index contributed by atoms with van der Waals surface area (Å²) in [5, 5.41) is 1.73. The third-order valence-corrected chi connectivity index (χ3v) is 8.86. The van der Waals surface area contributed by atoms with Gasteiger partial charge in [0.2, 0.25) is 0 Å². The Morgan fingerprint density at radius 3 is 2.72 bits per heavy atom. The van der Waals surface area contributed by atoms with Gasteiger partial charge in [-0.1, -0.05) is 17.4 Å². The summed E-state index contributed by atoms with van der Waals surface area (Å²) in [6.07, 6.45) is 4.04. The highest BCUT2D eigenvalue weighted by atomic mass is 32.2. The molecule has 0 radical (unpaired) electrons. The average Bonchev–Trinajstić information content (AvgIpc) is 3.32. The molecule has 25 heavy (non-hydrogen) atoms. The topological polar surface area (TPSA) is 51.3 Å². The van der Waals surface area contributed by atoms with Gasteiger partial charge < -0.3 is 14.5 Å². The Kier molecular flexibility index (Phi) is 3.68. The summed E-state index contributed by atoms with van der Waals surface area (Å²) < 4.78 is 10.9. The number of nitrogens with one attached hydrogen (secondary N) is 1. The number of hydrogen-bond donors (Lipinski definition) is 1. The molecular formula is C19H21NO3S2. The van der Waals surface area contributed by atoms with Crippen LogP contribution in [-0.2, 0) is 0 Å². The van der Waals surface area contributed by atoms with Crippen LogP contribution in [0.25, 0.3) is 0 Å². The highest BCUT2D eigenvalue weighted by molar-refractivity contribution is 8.00. The van der Waals surface area contributed by atoms with Gasteiger partial charge in [-0.2, -0.15) is 0 Å². The second-order valence-electron chi connectivity index (χ2n) is 7.29. The first-order valence-corrected chi connectivity index (χ1v) is 10.5. The summed E-state index contributed by atoms with van der Waals surface area (Å²) in [6.45, 7) is 0. The van der Waals surface area contributed by atoms with Crippen molar-refractivity contribution in [3.63, 3.8) is 0 Å². The van der Waals surface area contributed by atoms with E-state index in [0.717, 1.165) is 28.4 Å². The van der Waals surface area contributed by atoms with Crippen molar-refractivity contribution >= 4 is 23.1 Å². The molecule has 0 saturated heterocycles. The van der Waals surface area contributed by atoms with Crippen LogP contribution in [0.15, 0.2) is 28.0 Å². The van der Waals surface area contributed by atoms with E-state index < -0.39 is 0 Å². The van der Waals surface area contributed by atoms with E-state index in [1.807, 2.05) is 17.8 Å². The van der Waals surface area contributed by atoms with Crippen molar-refractivity contribution in [2.24, 2.45) is 17.8 Å². The van der Waals surface area contributed by atoms with Crippen molar-refractivity contribution in [2.75, 3.05) is 14.2 Å². The fourth-order valence-electron chi connectivity index (χ4n) is 5.27. The molecule has 5 atom stereocenters. The SMILES string of the molecule is COc1ccc([C@@H]2c3sc(=O)[nH]c3S[C@H]3[C@H]4CC[C@@H](C4)[C@@H]23)cc1OC. The molecule has 5 rings (SSSR count). The number of thioether (sulfide) groups is 1. The molecule has 2 heterocycles. The van der Waals surface area contributed by atoms with Crippen molar-refractivity contribution in [3.05, 3.63) is 38.3 Å². The highest BCUT2D eigenvalue weighted by Crippen LogP contribution is 2.63. The number of benzene rings is 1. The first-order valence-electron chi connectivity index (χ1n) is 8.81. The van der Waals surface area contributed by atoms with Gasteiger partial charge in [0, 0.05) is 16.0 Å². The lowest BCUT2D eigenvalue weighted by Crippen LogP contribution is -2.33. The molecule has 2 saturated carbocycles. The minimum atomic E-state index is 0.0651. The Morgan fingerprint density at radius 1 is 1.12 bits per heavy atom. The van der Waals surface area contributed by atoms with Crippen LogP contribution < -0.4 is 14.3 Å². The highest BCUT2D eigenvalue weighted by Gasteiger charge is 2.54. The predicted molar refractivity (Wildman–Crippen MR) is 100 cm³/mol. The lowest BCUT2D eigenvalue weighted by molar-refractivity contribution is 0.306. The lowest BCUT2D eigenvalue weighted by Gasteiger charge is -2.40. The van der Waals surface area contributed by atoms with Gasteiger partial charge in [0.15, 0.2) is 11.5 Å². The van der Waals surface area contributed by atoms with Crippen LogP contribution in [-0.4, -0.2) is 24.5 Å². The van der Waals surface area contributed by atoms with Crippen LogP contribution in [0.1, 0.15) is 35.6 Å². The van der Waals surface area contributed by atoms with Gasteiger partial charge in [-0.15, -0.1) is 11.8 Å². The number of aromatic nitrogens is 1. The van der Waals surface area contributed by atoms with E-state index in [0.29, 0.717) is 17.1 Å². The van der Waals surface area contributed by atoms with Gasteiger partial charge in [-0.3, -0.25) is 4.79 Å². The monoisotopic (exact) mass is 375 g/mol. The summed E-state index contributed by atoms with van der Waals surface area (Å²) in [5.74, 6) is 4.03. The van der Waals surface area contributed by atoms with Crippen molar-refractivity contribution in [1.82, 2.24) is 4.98 Å². The van der Waals surface area contributed by atoms with Crippen LogP contribution in [0.5, 0.6) is 11.5 Å². The van der Waals surface area contributed by atoms with E-state index in [2.05, 4.69) is 17.1 Å². The Labute approximate surface area is 154 Å². The van der Waals surface area contributed by atoms with Gasteiger partial charge in [0.05, 0.1) is 19.2 Å². The second-order valence-corrected chi connectivity index (χ2v) is 9.50. The number of H-pyrrole nitrogens is 1. The Hall–Kier alpha value is -1.40. The molecular weight excluding hydrogens is 354 g/mol. The molecule has 6 heteroatoms. The average molecular weight is 376 g/mol. The lowest BCUT2D eigenvalue weighted by atomic mass is 9.75. The molecule has 1 aromatic heterocycles. The van der Waals surface area contributed by atoms with Crippen LogP contribution >= 0.6 is 23.1 Å². The van der Waals surface area contributed by atoms with Crippen molar-refractivity contribution in [3.8, 4) is 11.5 Å². The molecule has 0 amide bonds. The Balaban J connectivity index is 1.66. The first kappa shape index (κ1) is 15.8. The third kappa shape index (κ3) is 2.30. The van der Waals surface area contributed by atoms with Crippen LogP contribution in [0, 0.1) is 17.8 Å². The maximum absolute atomic E-state index is 12.1. The molecule has 2 fully saturated rings. The van der Waals surface area contributed by atoms with E-state index in [9.17, 15) is 4.79 Å². The van der Waals surface area contributed by atoms with E-state index in [4.69, 9.17) is 9.47 Å². The first-order chi connectivity index (χ1) is 12.2. The number of aromatic amines is 1. The number of fused-ring (bicyclic) bond motifs is 6. The van der Waals surface area contributed by atoms with E-state index in [-0.39, 0.29) is 4.87 Å². The van der Waals surface area contributed by atoms with Gasteiger partial charge in [0.25, 0.3) is 0 Å². The number of thiazole rings is 1. The molecule has 2 bridgehead atoms. The molecule has 1 aliphatic heterocycles. The normalized spacial score (nSPS) is 32.3. The fourth-order valence-corrected chi connectivity index (χ4v) is 8.16. The number of rotatable bonds is 3. The zero-order valence-electron chi connectivity index (χ0n) is 14.3. The number of ether oxygens (including phenoxy) is 2. The predicted octanol–water partition coefficient (Wildman–Crippen LogP) is 4.11. The van der Waals surface area contributed by atoms with E-state index >= 15 is 0 Å². The molecule has 2 aromatic rings. The van der Waals surface area contributed by atoms with Crippen LogP contribution in [0.2, 0.25) is 0 Å². The second kappa shape index (κ2) is 5.81. The molecule has 0 spiro atoms. The largest absolute Gasteiger partial charge is 0.493 e. The molecule has 4 nitrogen and oxygen atoms in total. The smallest absolute Gasteiger partial charge is 0.305 e. The molecule has 132 valence electrons. The van der Waals surface area contributed by atoms with Crippen LogP contribution in [0.3, 0.4) is 0 Å². The maximum Gasteiger partial charge on any atom is 0.305 e. The molecule has 1 aromatic carbocycles. The minimum absolute atomic E-state index is 0.0651. The third-order valence-electron chi connectivity index (χ3n) is 6.23. The molecule has 0 unspecified atom stereocenters. The van der Waals surface area contributed by atoms with Gasteiger partial charge in [-0.25, -0.2) is 0 Å². The summed E-state index contributed by atoms with van der Waals surface area (Å²) in [5.41, 5.74) is 1.25. The summed E-state index contributed by atoms with van der Waals surface area (Å²) in [7, 11) is 3.34. The van der Waals surface area contributed by atoms with E-state index in [1.165, 1.54) is 41.0 Å². The van der Waals surface area contributed by atoms with Crippen LogP contribution in [0.4, 0.5) is 0 Å². The fraction of sp³-hybridized carbons (Fsp3) is 0.526. The molecule has 1 N–H and O–H groups in total. The number of methoxy groups -OCH3 is 2. The summed E-state index contributed by atoms with van der Waals surface area (Å²) in [6, 6.07) is 6.25. The summed E-state index contributed by atoms with van der Waals surface area (Å²) >= 11 is 3.32. The van der Waals surface area contributed by atoms with E-state index in [1.54, 1.807) is 14.2 Å². The maximum atomic E-state index is 12.1. The van der Waals surface area contributed by atoms with Gasteiger partial charge >= 0.3 is 4.87 Å². The van der Waals surface area contributed by atoms with Gasteiger partial charge in [-0.05, 0) is 54.7 Å². The molecule has 2 aliphatic carbocycles. The zero-order valence-corrected chi connectivity index (χ0v) is 15.9. The van der Waals surface area contributed by atoms with Gasteiger partial charge in [0.1, 0.15) is 0 Å². The Morgan fingerprint density at radius 2 is 1.92 bits per heavy atom. The molecule has 3 aliphatic rings. The Bertz CT molecular complexity index is 874. The quantitative estimate of drug-likeness (QED) is 0.877. The number of hydrogen-bond acceptors (Lipinski definition) is 5. The standard InChI is InChI=1S/C19H21NO3S2/c1-22-12-6-5-10(8-13(12)23-2)15-14-9-3-4-11(7-9)16(14)24-18-17(15)25-19(21)20-18/h5-6,8-9,11,14-16H,3-4,7H2,1-2H3,(H,20,21)/t9-,11-,14-,15-,16-/m0/s1. The van der Waals surface area contributed by atoms with Crippen molar-refractivity contribution < 1.29 is 9.47 Å². The van der Waals surface area contributed by atoms with Crippen molar-refractivity contribution in [2.45, 2.75) is 35.5 Å². The summed E-state index contributed by atoms with van der Waals surface area (Å²) in [4.78, 5) is 16.4. The van der Waals surface area contributed by atoms with Crippen molar-refractivity contribution in [1.29, 1.82) is 0 Å². The zero-order chi connectivity index (χ0) is 17.1. The minimum Gasteiger partial charge on any atom is -0.493 e.